The quantitative estimate of drug-likeness (QED) is 0.767. The van der Waals surface area contributed by atoms with Gasteiger partial charge < -0.3 is 4.90 Å². The van der Waals surface area contributed by atoms with Crippen molar-refractivity contribution in [3.8, 4) is 0 Å². The molecule has 0 spiro atoms. The number of carbonyl (C=O) groups excluding carboxylic acids is 1. The highest BCUT2D eigenvalue weighted by Gasteiger charge is 2.40. The predicted octanol–water partition coefficient (Wildman–Crippen LogP) is 3.39. The summed E-state index contributed by atoms with van der Waals surface area (Å²) in [6.45, 7) is 13.2. The third kappa shape index (κ3) is 4.48. The van der Waals surface area contributed by atoms with Crippen molar-refractivity contribution in [3.63, 3.8) is 0 Å². The van der Waals surface area contributed by atoms with Crippen LogP contribution >= 0.6 is 0 Å². The number of nitrogens with zero attached hydrogens (tertiary/aromatic N) is 1. The smallest absolute Gasteiger partial charge is 0.241 e. The maximum atomic E-state index is 12.6. The molecule has 1 heterocycles. The molecule has 0 aromatic heterocycles. The van der Waals surface area contributed by atoms with Crippen LogP contribution in [0.3, 0.4) is 0 Å². The van der Waals surface area contributed by atoms with Gasteiger partial charge in [-0.15, -0.1) is 0 Å². The summed E-state index contributed by atoms with van der Waals surface area (Å²) in [5, 5.41) is 3.55. The second-order valence-corrected chi connectivity index (χ2v) is 6.88. The summed E-state index contributed by atoms with van der Waals surface area (Å²) in [6, 6.07) is 0.375. The van der Waals surface area contributed by atoms with Gasteiger partial charge in [-0.3, -0.25) is 10.1 Å². The summed E-state index contributed by atoms with van der Waals surface area (Å²) >= 11 is 0. The second-order valence-electron chi connectivity index (χ2n) is 6.88. The molecule has 1 fully saturated rings. The van der Waals surface area contributed by atoms with Gasteiger partial charge in [0.25, 0.3) is 0 Å². The zero-order chi connectivity index (χ0) is 14.6. The lowest BCUT2D eigenvalue weighted by Crippen LogP contribution is -2.43. The lowest BCUT2D eigenvalue weighted by Gasteiger charge is -2.31. The van der Waals surface area contributed by atoms with Crippen LogP contribution in [0, 0.1) is 11.8 Å². The lowest BCUT2D eigenvalue weighted by molar-refractivity contribution is -0.132. The average Bonchev–Trinajstić information content (AvgIpc) is 2.54. The van der Waals surface area contributed by atoms with E-state index >= 15 is 0 Å². The van der Waals surface area contributed by atoms with Gasteiger partial charge in [-0.25, -0.2) is 0 Å². The fourth-order valence-corrected chi connectivity index (χ4v) is 3.17. The molecule has 0 bridgehead atoms. The molecule has 0 aromatic rings. The van der Waals surface area contributed by atoms with Crippen LogP contribution in [0.15, 0.2) is 0 Å². The van der Waals surface area contributed by atoms with Gasteiger partial charge in [-0.2, -0.15) is 0 Å². The first-order valence-corrected chi connectivity index (χ1v) is 7.95. The molecule has 19 heavy (non-hydrogen) atoms. The Balaban J connectivity index is 2.76. The number of hydrogen-bond acceptors (Lipinski definition) is 2. The molecule has 3 atom stereocenters. The molecule has 0 aromatic carbocycles. The minimum absolute atomic E-state index is 0.0335. The molecule has 0 saturated carbocycles. The zero-order valence-corrected chi connectivity index (χ0v) is 13.6. The van der Waals surface area contributed by atoms with Crippen molar-refractivity contribution in [2.24, 2.45) is 11.8 Å². The van der Waals surface area contributed by atoms with Gasteiger partial charge in [0.2, 0.25) is 5.91 Å². The first-order valence-electron chi connectivity index (χ1n) is 7.95. The van der Waals surface area contributed by atoms with Crippen molar-refractivity contribution < 1.29 is 4.79 Å². The standard InChI is InChI=1S/C16H32N2O/c1-7-8-15-17-14(10-12(4)5)16(19)18(15)13(6)9-11(2)3/h11-15,17H,7-10H2,1-6H3. The van der Waals surface area contributed by atoms with Crippen molar-refractivity contribution in [2.45, 2.75) is 85.5 Å². The molecule has 3 heteroatoms. The number of hydrogen-bond donors (Lipinski definition) is 1. The van der Waals surface area contributed by atoms with Crippen LogP contribution in [-0.2, 0) is 4.79 Å². The van der Waals surface area contributed by atoms with Crippen molar-refractivity contribution >= 4 is 5.91 Å². The summed E-state index contributed by atoms with van der Waals surface area (Å²) in [4.78, 5) is 14.7. The Morgan fingerprint density at radius 2 is 1.79 bits per heavy atom. The molecule has 1 aliphatic rings. The lowest BCUT2D eigenvalue weighted by atomic mass is 10.0. The van der Waals surface area contributed by atoms with Gasteiger partial charge >= 0.3 is 0 Å². The highest BCUT2D eigenvalue weighted by atomic mass is 16.2. The molecule has 1 N–H and O–H groups in total. The zero-order valence-electron chi connectivity index (χ0n) is 13.6. The van der Waals surface area contributed by atoms with Crippen molar-refractivity contribution in [1.29, 1.82) is 0 Å². The van der Waals surface area contributed by atoms with E-state index in [1.165, 1.54) is 0 Å². The van der Waals surface area contributed by atoms with Gasteiger partial charge in [0.1, 0.15) is 0 Å². The summed E-state index contributed by atoms with van der Waals surface area (Å²) in [7, 11) is 0. The van der Waals surface area contributed by atoms with Crippen LogP contribution in [0.5, 0.6) is 0 Å². The Morgan fingerprint density at radius 3 is 2.26 bits per heavy atom. The van der Waals surface area contributed by atoms with E-state index in [0.29, 0.717) is 23.8 Å². The van der Waals surface area contributed by atoms with E-state index in [1.54, 1.807) is 0 Å². The molecule has 1 rings (SSSR count). The number of amides is 1. The van der Waals surface area contributed by atoms with E-state index in [9.17, 15) is 4.79 Å². The van der Waals surface area contributed by atoms with Gasteiger partial charge in [-0.1, -0.05) is 41.0 Å². The van der Waals surface area contributed by atoms with Crippen LogP contribution in [0.2, 0.25) is 0 Å². The van der Waals surface area contributed by atoms with Crippen LogP contribution in [0.4, 0.5) is 0 Å². The molecule has 0 aliphatic carbocycles. The Morgan fingerprint density at radius 1 is 1.16 bits per heavy atom. The SMILES string of the molecule is CCCC1NC(CC(C)C)C(=O)N1C(C)CC(C)C. The topological polar surface area (TPSA) is 32.3 Å². The van der Waals surface area contributed by atoms with E-state index in [-0.39, 0.29) is 12.2 Å². The van der Waals surface area contributed by atoms with Gasteiger partial charge in [0.15, 0.2) is 0 Å². The van der Waals surface area contributed by atoms with Crippen molar-refractivity contribution in [1.82, 2.24) is 10.2 Å². The largest absolute Gasteiger partial charge is 0.323 e. The first kappa shape index (κ1) is 16.5. The normalized spacial score (nSPS) is 25.7. The second kappa shape index (κ2) is 7.28. The fraction of sp³-hybridized carbons (Fsp3) is 0.938. The monoisotopic (exact) mass is 268 g/mol. The summed E-state index contributed by atoms with van der Waals surface area (Å²) in [6.07, 6.45) is 4.45. The first-order chi connectivity index (χ1) is 8.86. The fourth-order valence-electron chi connectivity index (χ4n) is 3.17. The summed E-state index contributed by atoms with van der Waals surface area (Å²) in [5.41, 5.74) is 0. The summed E-state index contributed by atoms with van der Waals surface area (Å²) in [5.74, 6) is 1.51. The van der Waals surface area contributed by atoms with Crippen molar-refractivity contribution in [3.05, 3.63) is 0 Å². The maximum absolute atomic E-state index is 12.6. The number of carbonyl (C=O) groups is 1. The molecule has 112 valence electrons. The molecule has 1 saturated heterocycles. The molecule has 1 amide bonds. The van der Waals surface area contributed by atoms with E-state index in [1.807, 2.05) is 0 Å². The summed E-state index contributed by atoms with van der Waals surface area (Å²) < 4.78 is 0. The minimum Gasteiger partial charge on any atom is -0.323 e. The molecule has 0 radical (unpaired) electrons. The number of rotatable bonds is 7. The van der Waals surface area contributed by atoms with E-state index < -0.39 is 0 Å². The number of nitrogens with one attached hydrogen (secondary N) is 1. The molecular formula is C16H32N2O. The van der Waals surface area contributed by atoms with E-state index in [4.69, 9.17) is 0 Å². The minimum atomic E-state index is 0.0335. The van der Waals surface area contributed by atoms with Gasteiger partial charge in [0.05, 0.1) is 12.2 Å². The molecule has 1 aliphatic heterocycles. The Labute approximate surface area is 119 Å². The van der Waals surface area contributed by atoms with Gasteiger partial charge in [0, 0.05) is 6.04 Å². The molecular weight excluding hydrogens is 236 g/mol. The van der Waals surface area contributed by atoms with Crippen LogP contribution < -0.4 is 5.32 Å². The third-order valence-electron chi connectivity index (χ3n) is 3.84. The highest BCUT2D eigenvalue weighted by molar-refractivity contribution is 5.84. The third-order valence-corrected chi connectivity index (χ3v) is 3.84. The Kier molecular flexibility index (Phi) is 6.31. The molecule has 3 nitrogen and oxygen atoms in total. The maximum Gasteiger partial charge on any atom is 0.241 e. The van der Waals surface area contributed by atoms with E-state index in [0.717, 1.165) is 25.7 Å². The van der Waals surface area contributed by atoms with Gasteiger partial charge in [-0.05, 0) is 38.0 Å². The highest BCUT2D eigenvalue weighted by Crippen LogP contribution is 2.24. The van der Waals surface area contributed by atoms with E-state index in [2.05, 4.69) is 51.8 Å². The Bertz CT molecular complexity index is 288. The van der Waals surface area contributed by atoms with Crippen molar-refractivity contribution in [2.75, 3.05) is 0 Å². The molecule has 3 unspecified atom stereocenters. The Hall–Kier alpha value is -0.570. The average molecular weight is 268 g/mol. The van der Waals surface area contributed by atoms with Crippen LogP contribution in [-0.4, -0.2) is 29.1 Å². The predicted molar refractivity (Wildman–Crippen MR) is 80.8 cm³/mol. The van der Waals surface area contributed by atoms with Crippen LogP contribution in [0.25, 0.3) is 0 Å². The van der Waals surface area contributed by atoms with Crippen LogP contribution in [0.1, 0.15) is 67.2 Å².